The van der Waals surface area contributed by atoms with Crippen molar-refractivity contribution in [1.29, 1.82) is 0 Å². The lowest BCUT2D eigenvalue weighted by atomic mass is 10.1. The van der Waals surface area contributed by atoms with E-state index in [9.17, 15) is 4.79 Å². The monoisotopic (exact) mass is 319 g/mol. The van der Waals surface area contributed by atoms with E-state index in [-0.39, 0.29) is 12.4 Å². The molecule has 0 saturated carbocycles. The number of thiazole rings is 1. The zero-order valence-corrected chi connectivity index (χ0v) is 13.0. The number of halogens is 1. The van der Waals surface area contributed by atoms with Gasteiger partial charge in [0.15, 0.2) is 6.54 Å². The summed E-state index contributed by atoms with van der Waals surface area (Å²) in [6.07, 6.45) is 0. The number of fused-ring (bicyclic) bond motifs is 1. The van der Waals surface area contributed by atoms with Crippen LogP contribution in [0.1, 0.15) is 20.9 Å². The first kappa shape index (κ1) is 15.5. The van der Waals surface area contributed by atoms with E-state index >= 15 is 0 Å². The van der Waals surface area contributed by atoms with Crippen molar-refractivity contribution in [2.75, 3.05) is 0 Å². The molecule has 0 aliphatic carbocycles. The van der Waals surface area contributed by atoms with Gasteiger partial charge in [0.1, 0.15) is 4.70 Å². The summed E-state index contributed by atoms with van der Waals surface area (Å²) in [7, 11) is 0. The highest BCUT2D eigenvalue weighted by Crippen LogP contribution is 2.19. The van der Waals surface area contributed by atoms with Crippen molar-refractivity contribution in [3.63, 3.8) is 0 Å². The van der Waals surface area contributed by atoms with Gasteiger partial charge in [-0.15, -0.1) is 0 Å². The number of carboxylic acid groups (broad SMARTS) is 1. The summed E-state index contributed by atoms with van der Waals surface area (Å²) in [5.74, 6) is -0.888. The molecule has 1 N–H and O–H groups in total. The Morgan fingerprint density at radius 2 is 1.81 bits per heavy atom. The molecule has 0 spiro atoms. The molecule has 0 bridgehead atoms. The van der Waals surface area contributed by atoms with Crippen LogP contribution in [0.15, 0.2) is 48.5 Å². The largest absolute Gasteiger partial charge is 1.00 e. The molecule has 1 heterocycles. The topological polar surface area (TPSA) is 41.2 Å². The van der Waals surface area contributed by atoms with E-state index in [0.717, 1.165) is 12.1 Å². The minimum absolute atomic E-state index is 0. The van der Waals surface area contributed by atoms with Crippen LogP contribution in [0.3, 0.4) is 0 Å². The molecule has 3 aromatic rings. The number of rotatable bonds is 3. The molecule has 0 saturated heterocycles. The maximum absolute atomic E-state index is 10.9. The van der Waals surface area contributed by atoms with Crippen molar-refractivity contribution in [2.45, 2.75) is 13.5 Å². The lowest BCUT2D eigenvalue weighted by Crippen LogP contribution is -3.00. The van der Waals surface area contributed by atoms with Crippen LogP contribution in [0.5, 0.6) is 0 Å². The predicted octanol–water partition coefficient (Wildman–Crippen LogP) is 0.248. The molecule has 0 radical (unpaired) electrons. The molecule has 108 valence electrons. The summed E-state index contributed by atoms with van der Waals surface area (Å²) in [6.45, 7) is 2.87. The number of benzene rings is 2. The second-order valence-electron chi connectivity index (χ2n) is 4.68. The summed E-state index contributed by atoms with van der Waals surface area (Å²) in [4.78, 5) is 10.9. The number of nitrogens with zero attached hydrogens (tertiary/aromatic N) is 1. The van der Waals surface area contributed by atoms with Gasteiger partial charge in [0.2, 0.25) is 10.5 Å². The average molecular weight is 320 g/mol. The minimum atomic E-state index is -0.888. The van der Waals surface area contributed by atoms with Gasteiger partial charge in [0.05, 0.1) is 5.56 Å². The number of carbonyl (C=O) groups is 1. The van der Waals surface area contributed by atoms with Crippen LogP contribution in [0.25, 0.3) is 10.2 Å². The molecule has 0 atom stereocenters. The van der Waals surface area contributed by atoms with Gasteiger partial charge in [0.25, 0.3) is 0 Å². The summed E-state index contributed by atoms with van der Waals surface area (Å²) >= 11 is 1.77. The zero-order chi connectivity index (χ0) is 14.1. The smallest absolute Gasteiger partial charge is 0.335 e. The molecule has 0 aliphatic rings. The van der Waals surface area contributed by atoms with Crippen LogP contribution in [-0.2, 0) is 6.54 Å². The Kier molecular flexibility index (Phi) is 4.60. The fourth-order valence-electron chi connectivity index (χ4n) is 2.28. The van der Waals surface area contributed by atoms with Crippen molar-refractivity contribution in [2.24, 2.45) is 0 Å². The SMILES string of the molecule is Cc1sc2ccccc2[n+]1Cc1ccc(C(=O)O)cc1.[Cl-]. The van der Waals surface area contributed by atoms with Crippen molar-refractivity contribution < 1.29 is 26.9 Å². The van der Waals surface area contributed by atoms with Crippen LogP contribution < -0.4 is 17.0 Å². The van der Waals surface area contributed by atoms with Gasteiger partial charge in [0, 0.05) is 18.6 Å². The number of aromatic carboxylic acids is 1. The second-order valence-corrected chi connectivity index (χ2v) is 5.91. The Bertz CT molecular complexity index is 781. The molecule has 1 aromatic heterocycles. The van der Waals surface area contributed by atoms with E-state index in [2.05, 4.69) is 23.6 Å². The fourth-order valence-corrected chi connectivity index (χ4v) is 3.30. The standard InChI is InChI=1S/C16H13NO2S.ClH/c1-11-17(14-4-2-3-5-15(14)20-11)10-12-6-8-13(9-7-12)16(18)19;/h2-9H,10H2,1H3;1H. The first-order valence-corrected chi connectivity index (χ1v) is 7.17. The molecule has 21 heavy (non-hydrogen) atoms. The molecule has 2 aromatic carbocycles. The summed E-state index contributed by atoms with van der Waals surface area (Å²) in [6, 6.07) is 15.4. The number of carboxylic acids is 1. The van der Waals surface area contributed by atoms with E-state index in [0.29, 0.717) is 5.56 Å². The third-order valence-corrected chi connectivity index (χ3v) is 4.42. The molecule has 3 rings (SSSR count). The molecular weight excluding hydrogens is 306 g/mol. The van der Waals surface area contributed by atoms with E-state index in [1.807, 2.05) is 24.3 Å². The third kappa shape index (κ3) is 3.06. The Balaban J connectivity index is 0.00000161. The number of hydrogen-bond acceptors (Lipinski definition) is 2. The Labute approximate surface area is 132 Å². The maximum atomic E-state index is 10.9. The Morgan fingerprint density at radius 1 is 1.14 bits per heavy atom. The van der Waals surface area contributed by atoms with Crippen molar-refractivity contribution in [3.05, 3.63) is 64.7 Å². The first-order chi connectivity index (χ1) is 9.65. The van der Waals surface area contributed by atoms with Crippen LogP contribution in [-0.4, -0.2) is 11.1 Å². The maximum Gasteiger partial charge on any atom is 0.335 e. The quantitative estimate of drug-likeness (QED) is 0.703. The van der Waals surface area contributed by atoms with Gasteiger partial charge in [-0.1, -0.05) is 35.6 Å². The van der Waals surface area contributed by atoms with Gasteiger partial charge in [-0.05, 0) is 18.2 Å². The van der Waals surface area contributed by atoms with Gasteiger partial charge >= 0.3 is 5.97 Å². The Morgan fingerprint density at radius 3 is 2.48 bits per heavy atom. The third-order valence-electron chi connectivity index (χ3n) is 3.34. The van der Waals surface area contributed by atoms with Gasteiger partial charge in [-0.3, -0.25) is 0 Å². The van der Waals surface area contributed by atoms with Crippen molar-refractivity contribution >= 4 is 27.5 Å². The molecule has 0 fully saturated rings. The molecule has 0 unspecified atom stereocenters. The van der Waals surface area contributed by atoms with Crippen molar-refractivity contribution in [1.82, 2.24) is 0 Å². The van der Waals surface area contributed by atoms with E-state index in [4.69, 9.17) is 5.11 Å². The average Bonchev–Trinajstić information content (AvgIpc) is 2.76. The van der Waals surface area contributed by atoms with Crippen LogP contribution in [0.2, 0.25) is 0 Å². The van der Waals surface area contributed by atoms with Crippen LogP contribution >= 0.6 is 11.3 Å². The van der Waals surface area contributed by atoms with Gasteiger partial charge < -0.3 is 17.5 Å². The molecule has 5 heteroatoms. The van der Waals surface area contributed by atoms with Crippen LogP contribution in [0.4, 0.5) is 0 Å². The normalized spacial score (nSPS) is 10.3. The highest BCUT2D eigenvalue weighted by molar-refractivity contribution is 7.18. The number of para-hydroxylation sites is 1. The lowest BCUT2D eigenvalue weighted by molar-refractivity contribution is -0.664. The highest BCUT2D eigenvalue weighted by Gasteiger charge is 2.16. The molecule has 0 aliphatic heterocycles. The molecule has 0 amide bonds. The van der Waals surface area contributed by atoms with E-state index in [1.54, 1.807) is 23.5 Å². The first-order valence-electron chi connectivity index (χ1n) is 6.35. The lowest BCUT2D eigenvalue weighted by Gasteiger charge is -1.99. The van der Waals surface area contributed by atoms with E-state index < -0.39 is 5.97 Å². The highest BCUT2D eigenvalue weighted by atomic mass is 35.5. The second kappa shape index (κ2) is 6.24. The van der Waals surface area contributed by atoms with Gasteiger partial charge in [-0.2, -0.15) is 4.57 Å². The van der Waals surface area contributed by atoms with Crippen molar-refractivity contribution in [3.8, 4) is 0 Å². The molecular formula is C16H14ClNO2S. The van der Waals surface area contributed by atoms with E-state index in [1.165, 1.54) is 15.2 Å². The fraction of sp³-hybridized carbons (Fsp3) is 0.125. The predicted molar refractivity (Wildman–Crippen MR) is 79.3 cm³/mol. The summed E-state index contributed by atoms with van der Waals surface area (Å²) < 4.78 is 3.53. The van der Waals surface area contributed by atoms with Gasteiger partial charge in [-0.25, -0.2) is 4.79 Å². The summed E-state index contributed by atoms with van der Waals surface area (Å²) in [5, 5.41) is 10.2. The Hall–Kier alpha value is -1.91. The number of hydrogen-bond donors (Lipinski definition) is 1. The zero-order valence-electron chi connectivity index (χ0n) is 11.4. The minimum Gasteiger partial charge on any atom is -1.00 e. The molecule has 3 nitrogen and oxygen atoms in total. The number of aromatic nitrogens is 1. The summed E-state index contributed by atoms with van der Waals surface area (Å²) in [5.41, 5.74) is 2.65. The van der Waals surface area contributed by atoms with Crippen LogP contribution in [0, 0.1) is 6.92 Å². The number of aryl methyl sites for hydroxylation is 1.